The second-order valence-corrected chi connectivity index (χ2v) is 8.89. The summed E-state index contributed by atoms with van der Waals surface area (Å²) in [6.45, 7) is 5.02. The smallest absolute Gasteiger partial charge is 0.493 e. The summed E-state index contributed by atoms with van der Waals surface area (Å²) in [5.74, 6) is -0.219. The molecule has 1 N–H and O–H groups in total. The number of carbonyl (C=O) groups is 1. The van der Waals surface area contributed by atoms with Crippen LogP contribution in [0.25, 0.3) is 11.4 Å². The Bertz CT molecular complexity index is 1180. The molecule has 0 aliphatic rings. The molecule has 0 amide bonds. The average Bonchev–Trinajstić information content (AvgIpc) is 3.19. The van der Waals surface area contributed by atoms with Crippen LogP contribution in [0.3, 0.4) is 0 Å². The lowest BCUT2D eigenvalue weighted by atomic mass is 10.1. The van der Waals surface area contributed by atoms with E-state index in [0.29, 0.717) is 40.9 Å². The van der Waals surface area contributed by atoms with Crippen LogP contribution in [0, 0.1) is 6.92 Å². The van der Waals surface area contributed by atoms with Crippen molar-refractivity contribution in [2.75, 3.05) is 6.61 Å². The Morgan fingerprint density at radius 3 is 2.44 bits per heavy atom. The summed E-state index contributed by atoms with van der Waals surface area (Å²) in [6.07, 6.45) is -4.39. The van der Waals surface area contributed by atoms with Crippen LogP contribution in [-0.2, 0) is 11.2 Å². The van der Waals surface area contributed by atoms with Crippen LogP contribution in [-0.4, -0.2) is 39.0 Å². The van der Waals surface area contributed by atoms with E-state index in [2.05, 4.69) is 14.1 Å². The van der Waals surface area contributed by atoms with Gasteiger partial charge >= 0.3 is 12.3 Å². The number of hydrogen-bond donors (Lipinski definition) is 1. The number of aryl methyl sites for hydroxylation is 1. The fourth-order valence-electron chi connectivity index (χ4n) is 2.72. The fraction of sp³-hybridized carbons (Fsp3) is 0.318. The molecule has 7 nitrogen and oxygen atoms in total. The van der Waals surface area contributed by atoms with Crippen LogP contribution < -0.4 is 14.2 Å². The van der Waals surface area contributed by atoms with Gasteiger partial charge in [0.1, 0.15) is 22.3 Å². The van der Waals surface area contributed by atoms with Gasteiger partial charge < -0.3 is 19.3 Å². The third-order valence-corrected chi connectivity index (χ3v) is 5.56. The van der Waals surface area contributed by atoms with E-state index in [1.54, 1.807) is 25.1 Å². The van der Waals surface area contributed by atoms with E-state index in [4.69, 9.17) is 21.1 Å². The van der Waals surface area contributed by atoms with Crippen molar-refractivity contribution in [1.29, 1.82) is 0 Å². The zero-order valence-corrected chi connectivity index (χ0v) is 19.8. The zero-order valence-electron chi connectivity index (χ0n) is 18.3. The van der Waals surface area contributed by atoms with Gasteiger partial charge in [0.15, 0.2) is 11.4 Å². The lowest BCUT2D eigenvalue weighted by Crippen LogP contribution is -2.38. The molecule has 0 fully saturated rings. The third-order valence-electron chi connectivity index (χ3n) is 4.50. The maximum Gasteiger partial charge on any atom is 0.573 e. The van der Waals surface area contributed by atoms with Crippen molar-refractivity contribution in [2.45, 2.75) is 39.2 Å². The molecule has 182 valence electrons. The van der Waals surface area contributed by atoms with Crippen molar-refractivity contribution in [3.63, 3.8) is 0 Å². The molecular formula is C22H20ClF3N2O5S. The minimum absolute atomic E-state index is 0.205. The standard InChI is InChI=1S/C22H20ClF3N2O5S/c1-12-10-14(5-7-16(12)32-21(2,3)20(29)30)31-9-8-18-27-19(28-34-18)13-4-6-17(15(23)11-13)33-22(24,25)26/h4-7,10-11H,8-9H2,1-3H3,(H,29,30). The van der Waals surface area contributed by atoms with Crippen molar-refractivity contribution in [2.24, 2.45) is 0 Å². The SMILES string of the molecule is Cc1cc(OCCc2nc(-c3ccc(OC(F)(F)F)c(Cl)c3)ns2)ccc1OC(C)(C)C(=O)O. The van der Waals surface area contributed by atoms with Crippen molar-refractivity contribution in [3.05, 3.63) is 52.0 Å². The molecule has 2 aromatic carbocycles. The summed E-state index contributed by atoms with van der Waals surface area (Å²) in [7, 11) is 0. The number of nitrogens with zero attached hydrogens (tertiary/aromatic N) is 2. The van der Waals surface area contributed by atoms with Gasteiger partial charge in [0.25, 0.3) is 0 Å². The van der Waals surface area contributed by atoms with Gasteiger partial charge in [-0.05, 0) is 74.3 Å². The normalized spacial score (nSPS) is 11.9. The van der Waals surface area contributed by atoms with E-state index < -0.39 is 23.7 Å². The molecule has 0 atom stereocenters. The summed E-state index contributed by atoms with van der Waals surface area (Å²) >= 11 is 7.03. The molecule has 0 aliphatic carbocycles. The Balaban J connectivity index is 1.58. The van der Waals surface area contributed by atoms with Crippen LogP contribution in [0.2, 0.25) is 5.02 Å². The van der Waals surface area contributed by atoms with Crippen molar-refractivity contribution in [1.82, 2.24) is 9.36 Å². The number of benzene rings is 2. The summed E-state index contributed by atoms with van der Waals surface area (Å²) in [4.78, 5) is 15.6. The van der Waals surface area contributed by atoms with Crippen LogP contribution in [0.5, 0.6) is 17.2 Å². The Morgan fingerprint density at radius 1 is 1.12 bits per heavy atom. The van der Waals surface area contributed by atoms with E-state index in [1.165, 1.54) is 26.0 Å². The Labute approximate surface area is 202 Å². The molecule has 0 bridgehead atoms. The molecule has 0 saturated heterocycles. The van der Waals surface area contributed by atoms with E-state index in [0.717, 1.165) is 23.2 Å². The molecule has 0 radical (unpaired) electrons. The second kappa shape index (κ2) is 10.1. The quantitative estimate of drug-likeness (QED) is 0.377. The first-order valence-electron chi connectivity index (χ1n) is 9.88. The van der Waals surface area contributed by atoms with Crippen molar-refractivity contribution >= 4 is 29.1 Å². The third kappa shape index (κ3) is 6.73. The summed E-state index contributed by atoms with van der Waals surface area (Å²) < 4.78 is 56.5. The monoisotopic (exact) mass is 516 g/mol. The Hall–Kier alpha value is -3.05. The topological polar surface area (TPSA) is 90.8 Å². The van der Waals surface area contributed by atoms with Crippen molar-refractivity contribution < 1.29 is 37.3 Å². The van der Waals surface area contributed by atoms with Crippen LogP contribution in [0.4, 0.5) is 13.2 Å². The molecule has 3 rings (SSSR count). The molecule has 34 heavy (non-hydrogen) atoms. The van der Waals surface area contributed by atoms with Crippen molar-refractivity contribution in [3.8, 4) is 28.6 Å². The Morgan fingerprint density at radius 2 is 1.82 bits per heavy atom. The first-order valence-corrected chi connectivity index (χ1v) is 11.0. The van der Waals surface area contributed by atoms with Gasteiger partial charge in [-0.2, -0.15) is 4.37 Å². The molecule has 1 heterocycles. The van der Waals surface area contributed by atoms with Crippen LogP contribution >= 0.6 is 23.1 Å². The molecule has 0 saturated carbocycles. The van der Waals surface area contributed by atoms with E-state index in [9.17, 15) is 23.1 Å². The number of halogens is 4. The first-order chi connectivity index (χ1) is 15.8. The highest BCUT2D eigenvalue weighted by atomic mass is 35.5. The molecule has 0 unspecified atom stereocenters. The number of aliphatic carboxylic acids is 1. The number of aromatic nitrogens is 2. The average molecular weight is 517 g/mol. The Kier molecular flexibility index (Phi) is 7.57. The predicted molar refractivity (Wildman–Crippen MR) is 120 cm³/mol. The first kappa shape index (κ1) is 25.6. The predicted octanol–water partition coefficient (Wildman–Crippen LogP) is 5.93. The molecule has 1 aromatic heterocycles. The van der Waals surface area contributed by atoms with Gasteiger partial charge in [0.05, 0.1) is 11.6 Å². The molecule has 3 aromatic rings. The maximum absolute atomic E-state index is 12.4. The number of rotatable bonds is 9. The van der Waals surface area contributed by atoms with Gasteiger partial charge in [-0.3, -0.25) is 0 Å². The molecule has 0 spiro atoms. The minimum atomic E-state index is -4.84. The van der Waals surface area contributed by atoms with Gasteiger partial charge in [0.2, 0.25) is 0 Å². The molecule has 0 aliphatic heterocycles. The van der Waals surface area contributed by atoms with E-state index in [-0.39, 0.29) is 5.02 Å². The molecular weight excluding hydrogens is 497 g/mol. The van der Waals surface area contributed by atoms with Crippen LogP contribution in [0.15, 0.2) is 36.4 Å². The largest absolute Gasteiger partial charge is 0.573 e. The summed E-state index contributed by atoms with van der Waals surface area (Å²) in [6, 6.07) is 8.89. The molecule has 12 heteroatoms. The maximum atomic E-state index is 12.4. The summed E-state index contributed by atoms with van der Waals surface area (Å²) in [5, 5.41) is 9.66. The number of hydrogen-bond acceptors (Lipinski definition) is 7. The lowest BCUT2D eigenvalue weighted by Gasteiger charge is -2.23. The number of carboxylic acids is 1. The number of ether oxygens (including phenoxy) is 3. The van der Waals surface area contributed by atoms with Gasteiger partial charge in [-0.25, -0.2) is 9.78 Å². The van der Waals surface area contributed by atoms with E-state index >= 15 is 0 Å². The number of carboxylic acid groups (broad SMARTS) is 1. The summed E-state index contributed by atoms with van der Waals surface area (Å²) in [5.41, 5.74) is -0.184. The van der Waals surface area contributed by atoms with Gasteiger partial charge in [0, 0.05) is 12.0 Å². The number of alkyl halides is 3. The van der Waals surface area contributed by atoms with E-state index in [1.807, 2.05) is 0 Å². The fourth-order valence-corrected chi connectivity index (χ4v) is 3.58. The van der Waals surface area contributed by atoms with Crippen LogP contribution in [0.1, 0.15) is 24.4 Å². The van der Waals surface area contributed by atoms with Gasteiger partial charge in [-0.1, -0.05) is 11.6 Å². The van der Waals surface area contributed by atoms with Gasteiger partial charge in [-0.15, -0.1) is 13.2 Å². The minimum Gasteiger partial charge on any atom is -0.493 e. The highest BCUT2D eigenvalue weighted by Crippen LogP contribution is 2.33. The lowest BCUT2D eigenvalue weighted by molar-refractivity contribution is -0.274. The highest BCUT2D eigenvalue weighted by Gasteiger charge is 2.32. The zero-order chi connectivity index (χ0) is 25.1. The highest BCUT2D eigenvalue weighted by molar-refractivity contribution is 7.05. The second-order valence-electron chi connectivity index (χ2n) is 7.65.